The number of aliphatic hydroxyl groups is 1. The van der Waals surface area contributed by atoms with Crippen molar-refractivity contribution in [2.24, 2.45) is 5.92 Å². The summed E-state index contributed by atoms with van der Waals surface area (Å²) in [4.78, 5) is 2.34. The van der Waals surface area contributed by atoms with Gasteiger partial charge in [0.2, 0.25) is 0 Å². The first-order valence-electron chi connectivity index (χ1n) is 5.95. The van der Waals surface area contributed by atoms with Gasteiger partial charge in [0, 0.05) is 31.1 Å². The Labute approximate surface area is 96.9 Å². The third kappa shape index (κ3) is 2.30. The molecule has 16 heavy (non-hydrogen) atoms. The van der Waals surface area contributed by atoms with E-state index >= 15 is 0 Å². The van der Waals surface area contributed by atoms with Gasteiger partial charge in [0.15, 0.2) is 0 Å². The summed E-state index contributed by atoms with van der Waals surface area (Å²) in [6.07, 6.45) is 2.33. The van der Waals surface area contributed by atoms with E-state index in [0.717, 1.165) is 25.2 Å². The van der Waals surface area contributed by atoms with E-state index in [9.17, 15) is 0 Å². The van der Waals surface area contributed by atoms with Gasteiger partial charge in [-0.3, -0.25) is 0 Å². The van der Waals surface area contributed by atoms with Crippen molar-refractivity contribution in [3.8, 4) is 0 Å². The van der Waals surface area contributed by atoms with Crippen LogP contribution < -0.4 is 10.6 Å². The lowest BCUT2D eigenvalue weighted by molar-refractivity contribution is 0.239. The molecule has 1 aromatic rings. The maximum atomic E-state index is 9.12. The highest BCUT2D eigenvalue weighted by Gasteiger charge is 2.18. The van der Waals surface area contributed by atoms with E-state index in [2.05, 4.69) is 24.0 Å². The maximum absolute atomic E-state index is 9.12. The number of nitrogen functional groups attached to an aromatic ring is 1. The lowest BCUT2D eigenvalue weighted by Gasteiger charge is -2.33. The van der Waals surface area contributed by atoms with Crippen molar-refractivity contribution in [1.29, 1.82) is 0 Å². The van der Waals surface area contributed by atoms with Gasteiger partial charge in [-0.15, -0.1) is 0 Å². The van der Waals surface area contributed by atoms with Crippen molar-refractivity contribution in [2.45, 2.75) is 19.8 Å². The summed E-state index contributed by atoms with van der Waals surface area (Å²) in [7, 11) is 0. The van der Waals surface area contributed by atoms with Crippen LogP contribution in [0.25, 0.3) is 0 Å². The van der Waals surface area contributed by atoms with Crippen LogP contribution in [0.2, 0.25) is 0 Å². The van der Waals surface area contributed by atoms with Gasteiger partial charge in [-0.05, 0) is 36.5 Å². The molecule has 3 N–H and O–H groups in total. The molecule has 1 aromatic carbocycles. The SMILES string of the molecule is CC(CO)CN1CCCc2ccc(N)cc21. The molecule has 0 bridgehead atoms. The first-order chi connectivity index (χ1) is 7.70. The number of aryl methyl sites for hydroxylation is 1. The molecule has 1 heterocycles. The quantitative estimate of drug-likeness (QED) is 0.761. The van der Waals surface area contributed by atoms with Gasteiger partial charge in [-0.25, -0.2) is 0 Å². The summed E-state index contributed by atoms with van der Waals surface area (Å²) in [6, 6.07) is 6.15. The van der Waals surface area contributed by atoms with E-state index in [1.54, 1.807) is 0 Å². The molecular weight excluding hydrogens is 200 g/mol. The normalized spacial score (nSPS) is 17.0. The number of nitrogens with two attached hydrogens (primary N) is 1. The van der Waals surface area contributed by atoms with E-state index in [-0.39, 0.29) is 6.61 Å². The Hall–Kier alpha value is -1.22. The minimum Gasteiger partial charge on any atom is -0.399 e. The van der Waals surface area contributed by atoms with Crippen molar-refractivity contribution in [3.05, 3.63) is 23.8 Å². The topological polar surface area (TPSA) is 49.5 Å². The standard InChI is InChI=1S/C13H20N2O/c1-10(9-16)8-15-6-2-3-11-4-5-12(14)7-13(11)15/h4-5,7,10,16H,2-3,6,8-9,14H2,1H3. The average molecular weight is 220 g/mol. The van der Waals surface area contributed by atoms with Crippen LogP contribution >= 0.6 is 0 Å². The molecule has 2 rings (SSSR count). The molecular formula is C13H20N2O. The number of hydrogen-bond donors (Lipinski definition) is 2. The summed E-state index contributed by atoms with van der Waals surface area (Å²) in [6.45, 7) is 4.29. The number of hydrogen-bond acceptors (Lipinski definition) is 3. The van der Waals surface area contributed by atoms with Crippen LogP contribution in [0.1, 0.15) is 18.9 Å². The molecule has 0 saturated heterocycles. The fourth-order valence-corrected chi connectivity index (χ4v) is 2.29. The Morgan fingerprint density at radius 3 is 3.06 bits per heavy atom. The molecule has 3 nitrogen and oxygen atoms in total. The van der Waals surface area contributed by atoms with Crippen LogP contribution in [0.4, 0.5) is 11.4 Å². The summed E-state index contributed by atoms with van der Waals surface area (Å²) in [5.41, 5.74) is 9.29. The minimum atomic E-state index is 0.244. The molecule has 1 aliphatic rings. The largest absolute Gasteiger partial charge is 0.399 e. The van der Waals surface area contributed by atoms with Gasteiger partial charge < -0.3 is 15.7 Å². The molecule has 0 amide bonds. The summed E-state index contributed by atoms with van der Waals surface area (Å²) in [5.74, 6) is 0.312. The number of nitrogens with zero attached hydrogens (tertiary/aromatic N) is 1. The minimum absolute atomic E-state index is 0.244. The molecule has 0 radical (unpaired) electrons. The molecule has 0 spiro atoms. The number of anilines is 2. The fourth-order valence-electron chi connectivity index (χ4n) is 2.29. The average Bonchev–Trinajstić information content (AvgIpc) is 2.29. The van der Waals surface area contributed by atoms with Crippen LogP contribution in [-0.4, -0.2) is 24.8 Å². The molecule has 1 aliphatic heterocycles. The predicted octanol–water partition coefficient (Wildman–Crippen LogP) is 1.65. The Kier molecular flexibility index (Phi) is 3.34. The second kappa shape index (κ2) is 4.74. The second-order valence-electron chi connectivity index (χ2n) is 4.73. The van der Waals surface area contributed by atoms with E-state index < -0.39 is 0 Å². The highest BCUT2D eigenvalue weighted by molar-refractivity contribution is 5.62. The lowest BCUT2D eigenvalue weighted by atomic mass is 10.00. The number of benzene rings is 1. The van der Waals surface area contributed by atoms with Crippen molar-refractivity contribution in [3.63, 3.8) is 0 Å². The molecule has 88 valence electrons. The van der Waals surface area contributed by atoms with Crippen molar-refractivity contribution in [1.82, 2.24) is 0 Å². The molecule has 0 fully saturated rings. The Morgan fingerprint density at radius 1 is 1.50 bits per heavy atom. The summed E-state index contributed by atoms with van der Waals surface area (Å²) >= 11 is 0. The van der Waals surface area contributed by atoms with Crippen molar-refractivity contribution < 1.29 is 5.11 Å². The maximum Gasteiger partial charge on any atom is 0.0473 e. The molecule has 1 atom stereocenters. The third-order valence-corrected chi connectivity index (χ3v) is 3.17. The van der Waals surface area contributed by atoms with Gasteiger partial charge in [-0.2, -0.15) is 0 Å². The first-order valence-corrected chi connectivity index (χ1v) is 5.95. The molecule has 0 aromatic heterocycles. The number of fused-ring (bicyclic) bond motifs is 1. The van der Waals surface area contributed by atoms with Crippen LogP contribution in [0.3, 0.4) is 0 Å². The van der Waals surface area contributed by atoms with Gasteiger partial charge in [-0.1, -0.05) is 13.0 Å². The molecule has 0 aliphatic carbocycles. The van der Waals surface area contributed by atoms with Gasteiger partial charge in [0.1, 0.15) is 0 Å². The first kappa shape index (κ1) is 11.3. The van der Waals surface area contributed by atoms with Crippen LogP contribution in [0.15, 0.2) is 18.2 Å². The summed E-state index contributed by atoms with van der Waals surface area (Å²) in [5, 5.41) is 9.12. The zero-order valence-electron chi connectivity index (χ0n) is 9.82. The van der Waals surface area contributed by atoms with E-state index in [0.29, 0.717) is 5.92 Å². The second-order valence-corrected chi connectivity index (χ2v) is 4.73. The monoisotopic (exact) mass is 220 g/mol. The fraction of sp³-hybridized carbons (Fsp3) is 0.538. The van der Waals surface area contributed by atoms with E-state index in [1.807, 2.05) is 6.07 Å². The highest BCUT2D eigenvalue weighted by Crippen LogP contribution is 2.29. The van der Waals surface area contributed by atoms with Crippen LogP contribution in [0.5, 0.6) is 0 Å². The number of aliphatic hydroxyl groups excluding tert-OH is 1. The Morgan fingerprint density at radius 2 is 2.31 bits per heavy atom. The highest BCUT2D eigenvalue weighted by atomic mass is 16.3. The van der Waals surface area contributed by atoms with Gasteiger partial charge in [0.05, 0.1) is 0 Å². The molecule has 0 saturated carbocycles. The molecule has 1 unspecified atom stereocenters. The van der Waals surface area contributed by atoms with Gasteiger partial charge >= 0.3 is 0 Å². The molecule has 3 heteroatoms. The van der Waals surface area contributed by atoms with Crippen LogP contribution in [-0.2, 0) is 6.42 Å². The Bertz CT molecular complexity index is 365. The van der Waals surface area contributed by atoms with E-state index in [4.69, 9.17) is 10.8 Å². The lowest BCUT2D eigenvalue weighted by Crippen LogP contribution is -2.34. The van der Waals surface area contributed by atoms with E-state index in [1.165, 1.54) is 17.7 Å². The smallest absolute Gasteiger partial charge is 0.0473 e. The third-order valence-electron chi connectivity index (χ3n) is 3.17. The zero-order chi connectivity index (χ0) is 11.5. The van der Waals surface area contributed by atoms with Crippen LogP contribution in [0, 0.1) is 5.92 Å². The van der Waals surface area contributed by atoms with Crippen molar-refractivity contribution in [2.75, 3.05) is 30.3 Å². The Balaban J connectivity index is 2.21. The van der Waals surface area contributed by atoms with Gasteiger partial charge in [0.25, 0.3) is 0 Å². The number of rotatable bonds is 3. The zero-order valence-corrected chi connectivity index (χ0v) is 9.82. The summed E-state index contributed by atoms with van der Waals surface area (Å²) < 4.78 is 0. The predicted molar refractivity (Wildman–Crippen MR) is 67.6 cm³/mol. The van der Waals surface area contributed by atoms with Crippen molar-refractivity contribution >= 4 is 11.4 Å².